The molecule has 0 bridgehead atoms. The maximum atomic E-state index is 11.5. The van der Waals surface area contributed by atoms with Gasteiger partial charge in [0.15, 0.2) is 0 Å². The SMILES string of the molecule is CCC(=O)C(C)CC[C@H]1CCC(C)C1(C)C. The highest BCUT2D eigenvalue weighted by molar-refractivity contribution is 5.80. The molecule has 1 aliphatic carbocycles. The highest BCUT2D eigenvalue weighted by atomic mass is 16.1. The molecule has 0 aromatic carbocycles. The Labute approximate surface area is 101 Å². The Morgan fingerprint density at radius 2 is 2.00 bits per heavy atom. The summed E-state index contributed by atoms with van der Waals surface area (Å²) < 4.78 is 0. The molecule has 16 heavy (non-hydrogen) atoms. The lowest BCUT2D eigenvalue weighted by atomic mass is 9.74. The van der Waals surface area contributed by atoms with E-state index in [9.17, 15) is 4.79 Å². The molecule has 0 spiro atoms. The van der Waals surface area contributed by atoms with Gasteiger partial charge in [-0.25, -0.2) is 0 Å². The number of Topliss-reactive ketones (excluding diaryl/α,β-unsaturated/α-hetero) is 1. The molecule has 0 aromatic rings. The van der Waals surface area contributed by atoms with Gasteiger partial charge in [-0.1, -0.05) is 34.6 Å². The van der Waals surface area contributed by atoms with E-state index < -0.39 is 0 Å². The van der Waals surface area contributed by atoms with Gasteiger partial charge in [-0.05, 0) is 42.9 Å². The predicted molar refractivity (Wildman–Crippen MR) is 69.4 cm³/mol. The highest BCUT2D eigenvalue weighted by Gasteiger charge is 2.39. The summed E-state index contributed by atoms with van der Waals surface area (Å²) >= 11 is 0. The number of rotatable bonds is 5. The molecule has 0 N–H and O–H groups in total. The van der Waals surface area contributed by atoms with Crippen molar-refractivity contribution in [3.63, 3.8) is 0 Å². The van der Waals surface area contributed by atoms with Crippen molar-refractivity contribution in [3.8, 4) is 0 Å². The minimum atomic E-state index is 0.275. The average Bonchev–Trinajstić information content (AvgIpc) is 2.50. The quantitative estimate of drug-likeness (QED) is 0.674. The summed E-state index contributed by atoms with van der Waals surface area (Å²) in [6, 6.07) is 0. The lowest BCUT2D eigenvalue weighted by Gasteiger charge is -2.31. The normalized spacial score (nSPS) is 30.3. The van der Waals surface area contributed by atoms with Crippen LogP contribution in [0.4, 0.5) is 0 Å². The van der Waals surface area contributed by atoms with E-state index in [1.807, 2.05) is 6.92 Å². The fourth-order valence-corrected chi connectivity index (χ4v) is 3.07. The first-order valence-corrected chi connectivity index (χ1v) is 6.92. The van der Waals surface area contributed by atoms with Crippen molar-refractivity contribution in [2.24, 2.45) is 23.2 Å². The zero-order chi connectivity index (χ0) is 12.3. The molecule has 94 valence electrons. The smallest absolute Gasteiger partial charge is 0.135 e. The summed E-state index contributed by atoms with van der Waals surface area (Å²) in [5, 5.41) is 0. The lowest BCUT2D eigenvalue weighted by molar-refractivity contribution is -0.122. The minimum Gasteiger partial charge on any atom is -0.299 e. The molecular formula is C15H28O. The van der Waals surface area contributed by atoms with Crippen LogP contribution in [0.5, 0.6) is 0 Å². The molecule has 1 aliphatic rings. The number of hydrogen-bond donors (Lipinski definition) is 0. The monoisotopic (exact) mass is 224 g/mol. The van der Waals surface area contributed by atoms with Crippen LogP contribution >= 0.6 is 0 Å². The second kappa shape index (κ2) is 5.33. The molecule has 3 atom stereocenters. The molecule has 1 heteroatoms. The largest absolute Gasteiger partial charge is 0.299 e. The first-order valence-electron chi connectivity index (χ1n) is 6.92. The lowest BCUT2D eigenvalue weighted by Crippen LogP contribution is -2.24. The number of hydrogen-bond acceptors (Lipinski definition) is 1. The maximum Gasteiger partial charge on any atom is 0.135 e. The summed E-state index contributed by atoms with van der Waals surface area (Å²) in [5.74, 6) is 2.38. The maximum absolute atomic E-state index is 11.5. The zero-order valence-electron chi connectivity index (χ0n) is 11.7. The van der Waals surface area contributed by atoms with Crippen LogP contribution in [0.15, 0.2) is 0 Å². The van der Waals surface area contributed by atoms with Crippen LogP contribution in [0.25, 0.3) is 0 Å². The second-order valence-corrected chi connectivity index (χ2v) is 6.29. The third kappa shape index (κ3) is 2.87. The first kappa shape index (κ1) is 13.7. The standard InChI is InChI=1S/C15H28O/c1-6-14(16)11(2)7-9-13-10-8-12(3)15(13,4)5/h11-13H,6-10H2,1-5H3/t11?,12?,13-/m0/s1. The van der Waals surface area contributed by atoms with E-state index in [1.165, 1.54) is 19.3 Å². The van der Waals surface area contributed by atoms with Crippen molar-refractivity contribution in [1.29, 1.82) is 0 Å². The number of ketones is 1. The van der Waals surface area contributed by atoms with Gasteiger partial charge < -0.3 is 0 Å². The molecule has 0 aliphatic heterocycles. The van der Waals surface area contributed by atoms with E-state index in [-0.39, 0.29) is 5.92 Å². The molecular weight excluding hydrogens is 196 g/mol. The van der Waals surface area contributed by atoms with Crippen molar-refractivity contribution in [2.45, 2.75) is 66.7 Å². The molecule has 0 amide bonds. The fraction of sp³-hybridized carbons (Fsp3) is 0.933. The molecule has 0 heterocycles. The van der Waals surface area contributed by atoms with Crippen molar-refractivity contribution in [2.75, 3.05) is 0 Å². The van der Waals surface area contributed by atoms with Crippen LogP contribution in [-0.2, 0) is 4.79 Å². The molecule has 2 unspecified atom stereocenters. The average molecular weight is 224 g/mol. The van der Waals surface area contributed by atoms with Crippen molar-refractivity contribution >= 4 is 5.78 Å². The van der Waals surface area contributed by atoms with Gasteiger partial charge in [-0.3, -0.25) is 4.79 Å². The predicted octanol–water partition coefficient (Wildman–Crippen LogP) is 4.45. The van der Waals surface area contributed by atoms with Gasteiger partial charge in [0.05, 0.1) is 0 Å². The van der Waals surface area contributed by atoms with Crippen LogP contribution < -0.4 is 0 Å². The molecule has 1 fully saturated rings. The Kier molecular flexibility index (Phi) is 4.58. The van der Waals surface area contributed by atoms with E-state index in [1.54, 1.807) is 0 Å². The van der Waals surface area contributed by atoms with Gasteiger partial charge in [-0.15, -0.1) is 0 Å². The summed E-state index contributed by atoms with van der Waals surface area (Å²) in [4.78, 5) is 11.5. The van der Waals surface area contributed by atoms with Gasteiger partial charge in [-0.2, -0.15) is 0 Å². The van der Waals surface area contributed by atoms with Gasteiger partial charge in [0.25, 0.3) is 0 Å². The van der Waals surface area contributed by atoms with E-state index in [0.29, 0.717) is 17.6 Å². The summed E-state index contributed by atoms with van der Waals surface area (Å²) in [6.07, 6.45) is 5.76. The summed E-state index contributed by atoms with van der Waals surface area (Å²) in [6.45, 7) is 11.3. The molecule has 1 saturated carbocycles. The molecule has 0 aromatic heterocycles. The molecule has 0 saturated heterocycles. The van der Waals surface area contributed by atoms with E-state index >= 15 is 0 Å². The van der Waals surface area contributed by atoms with Crippen molar-refractivity contribution in [1.82, 2.24) is 0 Å². The summed E-state index contributed by atoms with van der Waals surface area (Å²) in [5.41, 5.74) is 0.481. The van der Waals surface area contributed by atoms with E-state index in [2.05, 4.69) is 27.7 Å². The van der Waals surface area contributed by atoms with E-state index in [4.69, 9.17) is 0 Å². The van der Waals surface area contributed by atoms with Crippen LogP contribution in [0, 0.1) is 23.2 Å². The highest BCUT2D eigenvalue weighted by Crippen LogP contribution is 2.49. The molecule has 0 radical (unpaired) electrons. The fourth-order valence-electron chi connectivity index (χ4n) is 3.07. The third-order valence-corrected chi connectivity index (χ3v) is 5.12. The zero-order valence-corrected chi connectivity index (χ0v) is 11.7. The summed E-state index contributed by atoms with van der Waals surface area (Å²) in [7, 11) is 0. The Bertz CT molecular complexity index is 242. The Morgan fingerprint density at radius 3 is 2.44 bits per heavy atom. The van der Waals surface area contributed by atoms with Crippen LogP contribution in [-0.4, -0.2) is 5.78 Å². The molecule has 1 nitrogen and oxygen atoms in total. The Balaban J connectivity index is 2.42. The Hall–Kier alpha value is -0.330. The van der Waals surface area contributed by atoms with Gasteiger partial charge in [0, 0.05) is 12.3 Å². The third-order valence-electron chi connectivity index (χ3n) is 5.12. The van der Waals surface area contributed by atoms with Crippen molar-refractivity contribution < 1.29 is 4.79 Å². The number of carbonyl (C=O) groups excluding carboxylic acids is 1. The Morgan fingerprint density at radius 1 is 1.38 bits per heavy atom. The van der Waals surface area contributed by atoms with Gasteiger partial charge in [0.1, 0.15) is 5.78 Å². The first-order chi connectivity index (χ1) is 7.39. The number of carbonyl (C=O) groups is 1. The topological polar surface area (TPSA) is 17.1 Å². The van der Waals surface area contributed by atoms with Crippen LogP contribution in [0.1, 0.15) is 66.7 Å². The van der Waals surface area contributed by atoms with Crippen molar-refractivity contribution in [3.05, 3.63) is 0 Å². The van der Waals surface area contributed by atoms with Gasteiger partial charge >= 0.3 is 0 Å². The minimum absolute atomic E-state index is 0.275. The van der Waals surface area contributed by atoms with Gasteiger partial charge in [0.2, 0.25) is 0 Å². The van der Waals surface area contributed by atoms with Crippen LogP contribution in [0.2, 0.25) is 0 Å². The van der Waals surface area contributed by atoms with E-state index in [0.717, 1.165) is 18.3 Å². The molecule has 1 rings (SSSR count). The van der Waals surface area contributed by atoms with Crippen LogP contribution in [0.3, 0.4) is 0 Å². The second-order valence-electron chi connectivity index (χ2n) is 6.29.